The summed E-state index contributed by atoms with van der Waals surface area (Å²) in [6.45, 7) is 0. The van der Waals surface area contributed by atoms with Gasteiger partial charge in [0.2, 0.25) is 0 Å². The van der Waals surface area contributed by atoms with Crippen LogP contribution in [0.5, 0.6) is 0 Å². The summed E-state index contributed by atoms with van der Waals surface area (Å²) < 4.78 is 0. The van der Waals surface area contributed by atoms with Crippen molar-refractivity contribution >= 4 is 22.9 Å². The fourth-order valence-corrected chi connectivity index (χ4v) is 2.67. The summed E-state index contributed by atoms with van der Waals surface area (Å²) >= 11 is 0. The van der Waals surface area contributed by atoms with Crippen molar-refractivity contribution in [3.63, 3.8) is 0 Å². The topological polar surface area (TPSA) is 0 Å². The van der Waals surface area contributed by atoms with Gasteiger partial charge in [0.05, 0.1) is 0 Å². The van der Waals surface area contributed by atoms with Gasteiger partial charge in [0.25, 0.3) is 0 Å². The Bertz CT molecular complexity index is 662. The van der Waals surface area contributed by atoms with Crippen LogP contribution >= 0.6 is 0 Å². The number of benzene rings is 2. The minimum Gasteiger partial charge on any atom is -0.0757 e. The van der Waals surface area contributed by atoms with Crippen molar-refractivity contribution in [2.24, 2.45) is 0 Å². The molecule has 0 saturated heterocycles. The predicted molar refractivity (Wildman–Crippen MR) is 59.5 cm³/mol. The minimum absolute atomic E-state index is 0.617. The van der Waals surface area contributed by atoms with Crippen molar-refractivity contribution in [3.05, 3.63) is 46.3 Å². The molecule has 0 aromatic heterocycles. The Kier molecular flexibility index (Phi) is 1.02. The van der Waals surface area contributed by atoms with E-state index >= 15 is 0 Å². The summed E-state index contributed by atoms with van der Waals surface area (Å²) in [4.78, 5) is 0. The van der Waals surface area contributed by atoms with E-state index in [1.165, 1.54) is 33.2 Å². The third kappa shape index (κ3) is 0.701. The lowest BCUT2D eigenvalue weighted by Gasteiger charge is -2.11. The third-order valence-corrected chi connectivity index (χ3v) is 3.47. The molecule has 0 heteroatoms. The van der Waals surface area contributed by atoms with Gasteiger partial charge in [-0.3, -0.25) is 0 Å². The number of hydrogen-bond donors (Lipinski definition) is 0. The van der Waals surface area contributed by atoms with Crippen molar-refractivity contribution < 1.29 is 0 Å². The first-order valence-electron chi connectivity index (χ1n) is 5.16. The van der Waals surface area contributed by atoms with Gasteiger partial charge in [0, 0.05) is 5.92 Å². The second kappa shape index (κ2) is 2.09. The Morgan fingerprint density at radius 1 is 0.929 bits per heavy atom. The summed E-state index contributed by atoms with van der Waals surface area (Å²) in [6.07, 6.45) is 5.95. The van der Waals surface area contributed by atoms with E-state index in [0.29, 0.717) is 5.92 Å². The standard InChI is InChI=1S/C14H10/c1-3-11-5-12-4-2-10-7-14(12)8-13(11)6-9(1)10/h1,3-8,10H,2H2. The summed E-state index contributed by atoms with van der Waals surface area (Å²) in [5.41, 5.74) is 1.47. The Balaban J connectivity index is 2.46. The lowest BCUT2D eigenvalue weighted by atomic mass is 9.93. The zero-order valence-electron chi connectivity index (χ0n) is 7.83. The van der Waals surface area contributed by atoms with Gasteiger partial charge in [-0.1, -0.05) is 30.4 Å². The lowest BCUT2D eigenvalue weighted by Crippen LogP contribution is -2.27. The van der Waals surface area contributed by atoms with Gasteiger partial charge in [-0.2, -0.15) is 0 Å². The van der Waals surface area contributed by atoms with E-state index in [-0.39, 0.29) is 0 Å². The Morgan fingerprint density at radius 2 is 1.86 bits per heavy atom. The van der Waals surface area contributed by atoms with Crippen LogP contribution in [0.4, 0.5) is 0 Å². The van der Waals surface area contributed by atoms with E-state index in [4.69, 9.17) is 0 Å². The molecule has 2 aromatic carbocycles. The molecule has 0 radical (unpaired) electrons. The average Bonchev–Trinajstić information content (AvgIpc) is 2.34. The fraction of sp³-hybridized carbons (Fsp3) is 0.143. The third-order valence-electron chi connectivity index (χ3n) is 3.47. The van der Waals surface area contributed by atoms with E-state index in [1.807, 2.05) is 0 Å². The van der Waals surface area contributed by atoms with Crippen LogP contribution in [0.25, 0.3) is 22.9 Å². The Labute approximate surface area is 82.2 Å². The highest BCUT2D eigenvalue weighted by Crippen LogP contribution is 2.28. The molecule has 0 aliphatic heterocycles. The first-order valence-corrected chi connectivity index (χ1v) is 5.16. The predicted octanol–water partition coefficient (Wildman–Crippen LogP) is 1.90. The van der Waals surface area contributed by atoms with Crippen LogP contribution in [0.1, 0.15) is 17.9 Å². The molecule has 0 fully saturated rings. The van der Waals surface area contributed by atoms with E-state index < -0.39 is 0 Å². The molecule has 4 rings (SSSR count). The SMILES string of the molecule is C1=c2cc3ccc4cc3cc2=CC4C1. The van der Waals surface area contributed by atoms with E-state index in [2.05, 4.69) is 42.5 Å². The Morgan fingerprint density at radius 3 is 2.86 bits per heavy atom. The molecule has 0 nitrogen and oxygen atoms in total. The molecule has 0 amide bonds. The van der Waals surface area contributed by atoms with Crippen LogP contribution in [-0.4, -0.2) is 0 Å². The maximum Gasteiger partial charge on any atom is 0.00622 e. The number of hydrogen-bond acceptors (Lipinski definition) is 0. The summed E-state index contributed by atoms with van der Waals surface area (Å²) in [5, 5.41) is 5.62. The molecule has 2 aliphatic carbocycles. The molecule has 1 atom stereocenters. The molecule has 1 unspecified atom stereocenters. The highest BCUT2D eigenvalue weighted by molar-refractivity contribution is 5.85. The second-order valence-corrected chi connectivity index (χ2v) is 4.30. The molecule has 66 valence electrons. The average molecular weight is 178 g/mol. The molecule has 0 N–H and O–H groups in total. The quantitative estimate of drug-likeness (QED) is 0.578. The van der Waals surface area contributed by atoms with Crippen LogP contribution in [0.2, 0.25) is 0 Å². The first-order chi connectivity index (χ1) is 6.90. The van der Waals surface area contributed by atoms with Crippen molar-refractivity contribution in [1.29, 1.82) is 0 Å². The van der Waals surface area contributed by atoms with Gasteiger partial charge in [-0.05, 0) is 45.3 Å². The highest BCUT2D eigenvalue weighted by Gasteiger charge is 2.14. The van der Waals surface area contributed by atoms with Gasteiger partial charge in [0.15, 0.2) is 0 Å². The molecule has 0 spiro atoms. The normalized spacial score (nSPS) is 21.0. The van der Waals surface area contributed by atoms with Gasteiger partial charge in [-0.15, -0.1) is 0 Å². The second-order valence-electron chi connectivity index (χ2n) is 4.30. The van der Waals surface area contributed by atoms with E-state index in [9.17, 15) is 0 Å². The van der Waals surface area contributed by atoms with Crippen molar-refractivity contribution in [2.45, 2.75) is 12.3 Å². The lowest BCUT2D eigenvalue weighted by molar-refractivity contribution is 0.928. The van der Waals surface area contributed by atoms with Crippen molar-refractivity contribution in [2.75, 3.05) is 0 Å². The van der Waals surface area contributed by atoms with Crippen LogP contribution in [0, 0.1) is 0 Å². The van der Waals surface area contributed by atoms with Gasteiger partial charge in [0.1, 0.15) is 0 Å². The molecule has 0 heterocycles. The molecule has 2 aromatic rings. The zero-order valence-corrected chi connectivity index (χ0v) is 7.83. The van der Waals surface area contributed by atoms with Gasteiger partial charge in [-0.25, -0.2) is 0 Å². The number of rotatable bonds is 0. The van der Waals surface area contributed by atoms with Gasteiger partial charge < -0.3 is 0 Å². The molecular weight excluding hydrogens is 168 g/mol. The molecular formula is C14H10. The maximum atomic E-state index is 2.41. The maximum absolute atomic E-state index is 2.41. The first kappa shape index (κ1) is 6.83. The van der Waals surface area contributed by atoms with E-state index in [0.717, 1.165) is 0 Å². The molecule has 0 saturated carbocycles. The van der Waals surface area contributed by atoms with Crippen LogP contribution in [0.3, 0.4) is 0 Å². The Hall–Kier alpha value is -1.56. The number of fused-ring (bicyclic) bond motifs is 3. The summed E-state index contributed by atoms with van der Waals surface area (Å²) in [6, 6.07) is 11.5. The summed E-state index contributed by atoms with van der Waals surface area (Å²) in [5.74, 6) is 0.617. The van der Waals surface area contributed by atoms with Crippen LogP contribution in [-0.2, 0) is 0 Å². The molecule has 4 bridgehead atoms. The van der Waals surface area contributed by atoms with E-state index in [1.54, 1.807) is 0 Å². The zero-order chi connectivity index (χ0) is 9.12. The van der Waals surface area contributed by atoms with Crippen LogP contribution < -0.4 is 10.4 Å². The smallest absolute Gasteiger partial charge is 0.00622 e. The highest BCUT2D eigenvalue weighted by atomic mass is 14.2. The van der Waals surface area contributed by atoms with Crippen molar-refractivity contribution in [1.82, 2.24) is 0 Å². The fourth-order valence-electron chi connectivity index (χ4n) is 2.67. The van der Waals surface area contributed by atoms with Crippen molar-refractivity contribution in [3.8, 4) is 0 Å². The summed E-state index contributed by atoms with van der Waals surface area (Å²) in [7, 11) is 0. The molecule has 2 aliphatic rings. The largest absolute Gasteiger partial charge is 0.0757 e. The minimum atomic E-state index is 0.617. The van der Waals surface area contributed by atoms with Crippen LogP contribution in [0.15, 0.2) is 30.3 Å². The van der Waals surface area contributed by atoms with Gasteiger partial charge >= 0.3 is 0 Å². The molecule has 14 heavy (non-hydrogen) atoms. The monoisotopic (exact) mass is 178 g/mol.